The van der Waals surface area contributed by atoms with Crippen molar-refractivity contribution < 1.29 is 43.7 Å². The maximum absolute atomic E-state index is 12.3. The van der Waals surface area contributed by atoms with E-state index in [4.69, 9.17) is 14.6 Å². The van der Waals surface area contributed by atoms with Gasteiger partial charge in [0.1, 0.15) is 25.7 Å². The molecule has 33 heavy (non-hydrogen) atoms. The molecule has 1 aliphatic heterocycles. The van der Waals surface area contributed by atoms with Crippen molar-refractivity contribution in [2.24, 2.45) is 0 Å². The summed E-state index contributed by atoms with van der Waals surface area (Å²) in [5.74, 6) is -0.615. The molecular formula is C23H45N2O8+. The zero-order valence-corrected chi connectivity index (χ0v) is 20.2. The number of carbonyl (C=O) groups is 2. The zero-order valence-electron chi connectivity index (χ0n) is 20.2. The van der Waals surface area contributed by atoms with E-state index in [9.17, 15) is 19.8 Å². The fraction of sp³-hybridized carbons (Fsp3) is 0.913. The van der Waals surface area contributed by atoms with Crippen LogP contribution < -0.4 is 5.43 Å². The zero-order chi connectivity index (χ0) is 24.4. The Morgan fingerprint density at radius 3 is 2.09 bits per heavy atom. The van der Waals surface area contributed by atoms with Gasteiger partial charge in [0, 0.05) is 26.2 Å². The van der Waals surface area contributed by atoms with Crippen LogP contribution in [0.15, 0.2) is 0 Å². The summed E-state index contributed by atoms with van der Waals surface area (Å²) in [6, 6.07) is 0. The Labute approximate surface area is 197 Å². The van der Waals surface area contributed by atoms with E-state index in [1.807, 2.05) is 0 Å². The molecule has 0 bridgehead atoms. The van der Waals surface area contributed by atoms with Gasteiger partial charge in [-0.25, -0.2) is 10.0 Å². The average molecular weight is 478 g/mol. The Kier molecular flexibility index (Phi) is 16.3. The third-order valence-corrected chi connectivity index (χ3v) is 5.79. The lowest BCUT2D eigenvalue weighted by molar-refractivity contribution is -0.967. The van der Waals surface area contributed by atoms with Gasteiger partial charge in [0.25, 0.3) is 5.91 Å². The van der Waals surface area contributed by atoms with Crippen molar-refractivity contribution in [3.05, 3.63) is 0 Å². The number of nitrogens with zero attached hydrogens (tertiary/aromatic N) is 1. The summed E-state index contributed by atoms with van der Waals surface area (Å²) in [6.45, 7) is 3.53. The fourth-order valence-electron chi connectivity index (χ4n) is 3.98. The van der Waals surface area contributed by atoms with E-state index in [0.29, 0.717) is 30.8 Å². The number of nitrogens with one attached hydrogen (secondary N) is 1. The van der Waals surface area contributed by atoms with Gasteiger partial charge in [0.15, 0.2) is 0 Å². The second kappa shape index (κ2) is 18.1. The number of rotatable bonds is 19. The Hall–Kier alpha value is -1.30. The Balaban J connectivity index is 2.17. The van der Waals surface area contributed by atoms with Crippen LogP contribution in [0.5, 0.6) is 0 Å². The summed E-state index contributed by atoms with van der Waals surface area (Å²) in [5.41, 5.74) is 3.03. The van der Waals surface area contributed by atoms with Gasteiger partial charge in [-0.3, -0.25) is 9.59 Å². The summed E-state index contributed by atoms with van der Waals surface area (Å²) in [6.07, 6.45) is 6.05. The van der Waals surface area contributed by atoms with Crippen LogP contribution in [0.2, 0.25) is 0 Å². The maximum Gasteiger partial charge on any atom is 0.306 e. The van der Waals surface area contributed by atoms with Gasteiger partial charge in [-0.2, -0.15) is 0 Å². The Bertz CT molecular complexity index is 529. The van der Waals surface area contributed by atoms with E-state index in [-0.39, 0.29) is 38.6 Å². The number of quaternary nitrogens is 1. The fourth-order valence-corrected chi connectivity index (χ4v) is 3.98. The van der Waals surface area contributed by atoms with Gasteiger partial charge < -0.3 is 29.5 Å². The molecule has 194 valence electrons. The first-order chi connectivity index (χ1) is 15.9. The molecule has 0 aromatic carbocycles. The molecule has 1 saturated heterocycles. The highest BCUT2D eigenvalue weighted by molar-refractivity contribution is 5.80. The molecule has 0 aromatic heterocycles. The monoisotopic (exact) mass is 477 g/mol. The lowest BCUT2D eigenvalue weighted by Crippen LogP contribution is -2.65. The summed E-state index contributed by atoms with van der Waals surface area (Å²) in [7, 11) is 1.30. The number of aliphatic hydroxyl groups is 3. The molecule has 0 radical (unpaired) electrons. The topological polar surface area (TPSA) is 135 Å². The second-order valence-corrected chi connectivity index (χ2v) is 8.83. The SMILES string of the molecule is COC(=O)CCC(=O)N[N+]1(CC(O)COCCCCCCOCC(O)CCO)CCCCC1. The molecule has 1 rings (SSSR count). The van der Waals surface area contributed by atoms with Gasteiger partial charge in [-0.15, -0.1) is 0 Å². The van der Waals surface area contributed by atoms with E-state index in [0.717, 1.165) is 58.0 Å². The molecule has 4 N–H and O–H groups in total. The third-order valence-electron chi connectivity index (χ3n) is 5.79. The van der Waals surface area contributed by atoms with Gasteiger partial charge >= 0.3 is 5.97 Å². The minimum atomic E-state index is -0.678. The molecule has 1 amide bonds. The van der Waals surface area contributed by atoms with Crippen LogP contribution in [0, 0.1) is 0 Å². The highest BCUT2D eigenvalue weighted by Gasteiger charge is 2.35. The maximum atomic E-state index is 12.3. The van der Waals surface area contributed by atoms with Crippen LogP contribution in [0.4, 0.5) is 0 Å². The first-order valence-electron chi connectivity index (χ1n) is 12.3. The second-order valence-electron chi connectivity index (χ2n) is 8.83. The first-order valence-corrected chi connectivity index (χ1v) is 12.3. The number of amides is 1. The number of ether oxygens (including phenoxy) is 3. The number of likely N-dealkylation sites (tertiary alicyclic amines) is 1. The van der Waals surface area contributed by atoms with Gasteiger partial charge in [0.2, 0.25) is 0 Å². The number of piperidine rings is 1. The number of methoxy groups -OCH3 is 1. The van der Waals surface area contributed by atoms with E-state index in [2.05, 4.69) is 10.2 Å². The molecule has 2 atom stereocenters. The molecule has 0 aromatic rings. The highest BCUT2D eigenvalue weighted by Crippen LogP contribution is 2.17. The van der Waals surface area contributed by atoms with Crippen molar-refractivity contribution >= 4 is 11.9 Å². The number of carbonyl (C=O) groups excluding carboxylic acids is 2. The minimum absolute atomic E-state index is 0.0368. The average Bonchev–Trinajstić information content (AvgIpc) is 2.79. The molecule has 2 unspecified atom stereocenters. The van der Waals surface area contributed by atoms with Crippen LogP contribution >= 0.6 is 0 Å². The number of hydrogen-bond acceptors (Lipinski definition) is 8. The van der Waals surface area contributed by atoms with E-state index >= 15 is 0 Å². The molecule has 0 spiro atoms. The molecule has 10 heteroatoms. The summed E-state index contributed by atoms with van der Waals surface area (Å²) in [4.78, 5) is 23.6. The molecule has 1 fully saturated rings. The van der Waals surface area contributed by atoms with Crippen LogP contribution in [0.3, 0.4) is 0 Å². The summed E-state index contributed by atoms with van der Waals surface area (Å²) < 4.78 is 15.9. The van der Waals surface area contributed by atoms with Crippen LogP contribution in [-0.4, -0.2) is 104 Å². The van der Waals surface area contributed by atoms with Gasteiger partial charge in [-0.1, -0.05) is 12.8 Å². The quantitative estimate of drug-likeness (QED) is 0.121. The van der Waals surface area contributed by atoms with Crippen molar-refractivity contribution in [3.63, 3.8) is 0 Å². The number of esters is 1. The minimum Gasteiger partial charge on any atom is -0.469 e. The summed E-state index contributed by atoms with van der Waals surface area (Å²) >= 11 is 0. The third kappa shape index (κ3) is 14.5. The van der Waals surface area contributed by atoms with Crippen LogP contribution in [-0.2, 0) is 23.8 Å². The standard InChI is InChI=1S/C23H44N2O8/c1-31-23(30)10-9-22(29)24-25(12-5-4-6-13-25)17-21(28)19-33-16-8-3-2-7-15-32-18-20(27)11-14-26/h20-21,26-28H,2-19H2,1H3/p+1. The van der Waals surface area contributed by atoms with Crippen molar-refractivity contribution in [2.45, 2.75) is 76.4 Å². The van der Waals surface area contributed by atoms with Crippen molar-refractivity contribution in [3.8, 4) is 0 Å². The van der Waals surface area contributed by atoms with E-state index in [1.165, 1.54) is 7.11 Å². The Morgan fingerprint density at radius 1 is 0.909 bits per heavy atom. The van der Waals surface area contributed by atoms with Crippen LogP contribution in [0.1, 0.15) is 64.2 Å². The van der Waals surface area contributed by atoms with E-state index < -0.39 is 18.2 Å². The van der Waals surface area contributed by atoms with Crippen molar-refractivity contribution in [1.29, 1.82) is 0 Å². The van der Waals surface area contributed by atoms with Crippen molar-refractivity contribution in [2.75, 3.05) is 59.8 Å². The lowest BCUT2D eigenvalue weighted by Gasteiger charge is -2.41. The molecule has 10 nitrogen and oxygen atoms in total. The molecule has 0 aliphatic carbocycles. The first kappa shape index (κ1) is 29.7. The predicted octanol–water partition coefficient (Wildman–Crippen LogP) is 0.669. The number of unbranched alkanes of at least 4 members (excludes halogenated alkanes) is 3. The molecular weight excluding hydrogens is 432 g/mol. The van der Waals surface area contributed by atoms with E-state index in [1.54, 1.807) is 0 Å². The molecule has 1 aliphatic rings. The van der Waals surface area contributed by atoms with Crippen molar-refractivity contribution in [1.82, 2.24) is 5.43 Å². The highest BCUT2D eigenvalue weighted by atomic mass is 16.5. The Morgan fingerprint density at radius 2 is 1.52 bits per heavy atom. The smallest absolute Gasteiger partial charge is 0.306 e. The molecule has 0 saturated carbocycles. The lowest BCUT2D eigenvalue weighted by atomic mass is 10.1. The largest absolute Gasteiger partial charge is 0.469 e. The normalized spacial score (nSPS) is 17.3. The van der Waals surface area contributed by atoms with Gasteiger partial charge in [0.05, 0.1) is 32.8 Å². The number of aliphatic hydroxyl groups excluding tert-OH is 3. The van der Waals surface area contributed by atoms with Crippen LogP contribution in [0.25, 0.3) is 0 Å². The molecule has 1 heterocycles. The predicted molar refractivity (Wildman–Crippen MR) is 122 cm³/mol. The number of hydrogen-bond donors (Lipinski definition) is 4. The van der Waals surface area contributed by atoms with Gasteiger partial charge in [-0.05, 0) is 38.5 Å². The summed E-state index contributed by atoms with van der Waals surface area (Å²) in [5, 5.41) is 28.7.